The minimum Gasteiger partial charge on any atom is -0.463 e. The number of methoxy groups -OCH3 is 1. The smallest absolute Gasteiger partial charge is 0.374 e. The number of benzene rings is 1. The molecule has 0 N–H and O–H groups in total. The van der Waals surface area contributed by atoms with Crippen molar-refractivity contribution in [2.45, 2.75) is 12.8 Å². The summed E-state index contributed by atoms with van der Waals surface area (Å²) in [6, 6.07) is 6.11. The molecule has 2 aromatic rings. The van der Waals surface area contributed by atoms with Gasteiger partial charge in [-0.2, -0.15) is 0 Å². The SMILES string of the molecule is COC(=O)C(=O)Cc1cnc(Cc2ccc(F)cc2)cn1. The van der Waals surface area contributed by atoms with Crippen LogP contribution in [0.5, 0.6) is 0 Å². The summed E-state index contributed by atoms with van der Waals surface area (Å²) < 4.78 is 17.1. The number of rotatable bonds is 5. The predicted molar refractivity (Wildman–Crippen MR) is 72.0 cm³/mol. The van der Waals surface area contributed by atoms with Crippen LogP contribution >= 0.6 is 0 Å². The number of esters is 1. The maximum atomic E-state index is 12.8. The molecule has 21 heavy (non-hydrogen) atoms. The van der Waals surface area contributed by atoms with Crippen LogP contribution in [0.3, 0.4) is 0 Å². The number of ketones is 1. The van der Waals surface area contributed by atoms with E-state index < -0.39 is 11.8 Å². The number of carbonyl (C=O) groups excluding carboxylic acids is 2. The summed E-state index contributed by atoms with van der Waals surface area (Å²) >= 11 is 0. The molecular formula is C15H13FN2O3. The first-order valence-corrected chi connectivity index (χ1v) is 6.24. The molecule has 0 aliphatic carbocycles. The normalized spacial score (nSPS) is 10.2. The number of halogens is 1. The van der Waals surface area contributed by atoms with E-state index in [1.807, 2.05) is 0 Å². The highest BCUT2D eigenvalue weighted by atomic mass is 19.1. The molecule has 0 fully saturated rings. The Kier molecular flexibility index (Phi) is 4.71. The second-order valence-corrected chi connectivity index (χ2v) is 4.39. The summed E-state index contributed by atoms with van der Waals surface area (Å²) in [6.07, 6.45) is 3.35. The van der Waals surface area contributed by atoms with Crippen molar-refractivity contribution in [1.29, 1.82) is 0 Å². The minimum atomic E-state index is -0.896. The summed E-state index contributed by atoms with van der Waals surface area (Å²) in [5.41, 5.74) is 1.99. The Balaban J connectivity index is 2.00. The maximum absolute atomic E-state index is 12.8. The van der Waals surface area contributed by atoms with Gasteiger partial charge in [0.25, 0.3) is 0 Å². The van der Waals surface area contributed by atoms with Gasteiger partial charge < -0.3 is 4.74 Å². The van der Waals surface area contributed by atoms with Gasteiger partial charge in [0, 0.05) is 18.8 Å². The summed E-state index contributed by atoms with van der Waals surface area (Å²) in [6.45, 7) is 0. The van der Waals surface area contributed by atoms with Crippen LogP contribution in [-0.4, -0.2) is 28.8 Å². The Bertz CT molecular complexity index is 639. The van der Waals surface area contributed by atoms with Crippen LogP contribution in [0, 0.1) is 5.82 Å². The third-order valence-electron chi connectivity index (χ3n) is 2.81. The molecule has 1 aromatic heterocycles. The van der Waals surface area contributed by atoms with Gasteiger partial charge in [-0.25, -0.2) is 9.18 Å². The molecule has 0 aliphatic heterocycles. The lowest BCUT2D eigenvalue weighted by Gasteiger charge is -2.03. The zero-order valence-corrected chi connectivity index (χ0v) is 11.4. The molecule has 0 radical (unpaired) electrons. The lowest BCUT2D eigenvalue weighted by Crippen LogP contribution is -2.18. The minimum absolute atomic E-state index is 0.142. The number of nitrogens with zero attached hydrogens (tertiary/aromatic N) is 2. The number of hydrogen-bond acceptors (Lipinski definition) is 5. The molecule has 5 nitrogen and oxygen atoms in total. The Labute approximate surface area is 120 Å². The third kappa shape index (κ3) is 4.17. The molecule has 0 unspecified atom stereocenters. The molecule has 0 saturated carbocycles. The number of ether oxygens (including phenoxy) is 1. The summed E-state index contributed by atoms with van der Waals surface area (Å²) in [4.78, 5) is 30.6. The number of carbonyl (C=O) groups is 2. The fraction of sp³-hybridized carbons (Fsp3) is 0.200. The van der Waals surface area contributed by atoms with Gasteiger partial charge in [-0.3, -0.25) is 14.8 Å². The van der Waals surface area contributed by atoms with Crippen LogP contribution in [0.4, 0.5) is 4.39 Å². The van der Waals surface area contributed by atoms with E-state index in [0.29, 0.717) is 17.8 Å². The summed E-state index contributed by atoms with van der Waals surface area (Å²) in [5.74, 6) is -1.85. The molecule has 108 valence electrons. The van der Waals surface area contributed by atoms with Crippen molar-refractivity contribution >= 4 is 11.8 Å². The number of hydrogen-bond donors (Lipinski definition) is 0. The van der Waals surface area contributed by atoms with E-state index in [1.54, 1.807) is 12.1 Å². The highest BCUT2D eigenvalue weighted by Gasteiger charge is 2.15. The molecule has 0 bridgehead atoms. The van der Waals surface area contributed by atoms with Crippen LogP contribution in [-0.2, 0) is 27.2 Å². The Morgan fingerprint density at radius 3 is 2.29 bits per heavy atom. The van der Waals surface area contributed by atoms with Crippen LogP contribution in [0.25, 0.3) is 0 Å². The first kappa shape index (κ1) is 14.8. The Hall–Kier alpha value is -2.63. The topological polar surface area (TPSA) is 69.2 Å². The van der Waals surface area contributed by atoms with E-state index in [1.165, 1.54) is 24.5 Å². The van der Waals surface area contributed by atoms with Crippen molar-refractivity contribution in [1.82, 2.24) is 9.97 Å². The average molecular weight is 288 g/mol. The third-order valence-corrected chi connectivity index (χ3v) is 2.81. The van der Waals surface area contributed by atoms with E-state index in [0.717, 1.165) is 12.7 Å². The largest absolute Gasteiger partial charge is 0.463 e. The quantitative estimate of drug-likeness (QED) is 0.616. The predicted octanol–water partition coefficient (Wildman–Crippen LogP) is 1.49. The molecule has 0 amide bonds. The van der Waals surface area contributed by atoms with Crippen molar-refractivity contribution in [3.8, 4) is 0 Å². The first-order valence-electron chi connectivity index (χ1n) is 6.24. The Morgan fingerprint density at radius 1 is 1.10 bits per heavy atom. The van der Waals surface area contributed by atoms with Crippen LogP contribution in [0.1, 0.15) is 17.0 Å². The van der Waals surface area contributed by atoms with Crippen LogP contribution in [0.2, 0.25) is 0 Å². The van der Waals surface area contributed by atoms with Gasteiger partial charge in [0.05, 0.1) is 24.9 Å². The van der Waals surface area contributed by atoms with Crippen LogP contribution < -0.4 is 0 Å². The average Bonchev–Trinajstić information content (AvgIpc) is 2.50. The zero-order chi connectivity index (χ0) is 15.2. The lowest BCUT2D eigenvalue weighted by molar-refractivity contribution is -0.151. The van der Waals surface area contributed by atoms with E-state index in [4.69, 9.17) is 0 Å². The molecule has 1 heterocycles. The standard InChI is InChI=1S/C15H13FN2O3/c1-21-15(20)14(19)7-13-9-17-12(8-18-13)6-10-2-4-11(16)5-3-10/h2-5,8-9H,6-7H2,1H3. The van der Waals surface area contributed by atoms with Crippen molar-refractivity contribution in [2.75, 3.05) is 7.11 Å². The lowest BCUT2D eigenvalue weighted by atomic mass is 10.1. The second kappa shape index (κ2) is 6.69. The van der Waals surface area contributed by atoms with E-state index in [9.17, 15) is 14.0 Å². The van der Waals surface area contributed by atoms with Crippen molar-refractivity contribution in [3.63, 3.8) is 0 Å². The van der Waals surface area contributed by atoms with Gasteiger partial charge >= 0.3 is 5.97 Å². The van der Waals surface area contributed by atoms with Gasteiger partial charge in [0.2, 0.25) is 5.78 Å². The highest BCUT2D eigenvalue weighted by molar-refractivity contribution is 6.33. The first-order chi connectivity index (χ1) is 10.1. The molecule has 0 atom stereocenters. The summed E-state index contributed by atoms with van der Waals surface area (Å²) in [5, 5.41) is 0. The van der Waals surface area contributed by atoms with E-state index in [2.05, 4.69) is 14.7 Å². The molecular weight excluding hydrogens is 275 g/mol. The maximum Gasteiger partial charge on any atom is 0.374 e. The Morgan fingerprint density at radius 2 is 1.71 bits per heavy atom. The molecule has 6 heteroatoms. The second-order valence-electron chi connectivity index (χ2n) is 4.39. The highest BCUT2D eigenvalue weighted by Crippen LogP contribution is 2.08. The van der Waals surface area contributed by atoms with Gasteiger partial charge in [0.15, 0.2) is 0 Å². The molecule has 2 rings (SSSR count). The number of aromatic nitrogens is 2. The van der Waals surface area contributed by atoms with Crippen LogP contribution in [0.15, 0.2) is 36.7 Å². The molecule has 1 aromatic carbocycles. The van der Waals surface area contributed by atoms with Gasteiger partial charge in [-0.05, 0) is 17.7 Å². The van der Waals surface area contributed by atoms with Gasteiger partial charge in [-0.1, -0.05) is 12.1 Å². The monoisotopic (exact) mass is 288 g/mol. The molecule has 0 spiro atoms. The van der Waals surface area contributed by atoms with E-state index in [-0.39, 0.29) is 12.2 Å². The fourth-order valence-corrected chi connectivity index (χ4v) is 1.73. The summed E-state index contributed by atoms with van der Waals surface area (Å²) in [7, 11) is 1.15. The van der Waals surface area contributed by atoms with Gasteiger partial charge in [0.1, 0.15) is 5.82 Å². The number of Topliss-reactive ketones (excluding diaryl/α,β-unsaturated/α-hetero) is 1. The van der Waals surface area contributed by atoms with E-state index >= 15 is 0 Å². The molecule has 0 saturated heterocycles. The fourth-order valence-electron chi connectivity index (χ4n) is 1.73. The van der Waals surface area contributed by atoms with Crippen molar-refractivity contribution in [3.05, 3.63) is 59.4 Å². The molecule has 0 aliphatic rings. The van der Waals surface area contributed by atoms with Gasteiger partial charge in [-0.15, -0.1) is 0 Å². The van der Waals surface area contributed by atoms with Crippen molar-refractivity contribution < 1.29 is 18.7 Å². The van der Waals surface area contributed by atoms with Crippen molar-refractivity contribution in [2.24, 2.45) is 0 Å². The zero-order valence-electron chi connectivity index (χ0n) is 11.4.